The molecular formula is C56H71N7O9S. The number of carbonyl (C=O) groups is 4. The molecule has 0 radical (unpaired) electrons. The number of aliphatic hydroxyl groups excluding tert-OH is 1. The Bertz CT molecular complexity index is 2780. The number of hydrogen-bond donors (Lipinski definition) is 5. The largest absolute Gasteiger partial charge is 0.494 e. The second kappa shape index (κ2) is 24.5. The van der Waals surface area contributed by atoms with Crippen molar-refractivity contribution < 1.29 is 38.5 Å². The summed E-state index contributed by atoms with van der Waals surface area (Å²) in [6.07, 6.45) is 1.47. The summed E-state index contributed by atoms with van der Waals surface area (Å²) in [5.41, 5.74) is 10.0. The highest BCUT2D eigenvalue weighted by atomic mass is 32.1. The van der Waals surface area contributed by atoms with Gasteiger partial charge >= 0.3 is 0 Å². The van der Waals surface area contributed by atoms with Crippen molar-refractivity contribution in [2.24, 2.45) is 5.41 Å². The van der Waals surface area contributed by atoms with Crippen molar-refractivity contribution in [3.05, 3.63) is 122 Å². The lowest BCUT2D eigenvalue weighted by molar-refractivity contribution is -0.144. The van der Waals surface area contributed by atoms with Crippen LogP contribution in [0.4, 0.5) is 5.69 Å². The van der Waals surface area contributed by atoms with Crippen LogP contribution in [0, 0.1) is 33.1 Å². The average Bonchev–Trinajstić information content (AvgIpc) is 3.99. The molecule has 17 heteroatoms. The number of rotatable bonds is 20. The molecule has 4 heterocycles. The number of ether oxygens (including phenoxy) is 3. The standard InChI is InChI=1S/C56H71N7O9S/c1-9-62(42-19-23-70-24-20-42)47-27-41(26-45(36(47)4)52(66)58-30-46-34(2)25-35(3)60-53(46)67)39-15-17-44(18-16-39)72-22-10-21-71-32-49(65)61-51(56(6,7)8)55(69)63-31-43(64)28-48(63)54(68)57-29-38-11-13-40(14-12-38)50-37(5)59-33-73-50/h11-18,25-27,33,42-43,48,51,64H,9-10,19-24,28-32H2,1-8H3,(H,57,68)(H,58,66)(H,60,67)(H,61,65)/t43-,48+,51?/m1/s1. The molecule has 7 rings (SSSR count). The van der Waals surface area contributed by atoms with E-state index in [0.29, 0.717) is 43.1 Å². The molecule has 3 atom stereocenters. The molecule has 5 N–H and O–H groups in total. The summed E-state index contributed by atoms with van der Waals surface area (Å²) < 4.78 is 17.4. The SMILES string of the molecule is CCN(c1cc(-c2ccc(OCCCOCC(=O)NC(C(=O)N3C[C@H](O)C[C@H]3C(=O)NCc3ccc(-c4scnc4C)cc3)C(C)(C)C)cc2)cc(C(=O)NCc2c(C)cc(C)[nH]c2=O)c1C)C1CCOCC1. The normalized spacial score (nSPS) is 16.5. The zero-order chi connectivity index (χ0) is 52.4. The lowest BCUT2D eigenvalue weighted by atomic mass is 9.85. The number of amides is 4. The van der Waals surface area contributed by atoms with Crippen molar-refractivity contribution in [1.29, 1.82) is 0 Å². The Kier molecular flexibility index (Phi) is 18.3. The van der Waals surface area contributed by atoms with E-state index in [2.05, 4.69) is 43.8 Å². The lowest BCUT2D eigenvalue weighted by Gasteiger charge is -2.37. The second-order valence-electron chi connectivity index (χ2n) is 20.1. The number of H-pyrrole nitrogens is 1. The molecule has 2 aliphatic rings. The van der Waals surface area contributed by atoms with Crippen molar-refractivity contribution in [2.75, 3.05) is 51.0 Å². The van der Waals surface area contributed by atoms with E-state index in [1.807, 2.05) is 115 Å². The number of likely N-dealkylation sites (tertiary alicyclic amines) is 1. The Morgan fingerprint density at radius 1 is 0.932 bits per heavy atom. The van der Waals surface area contributed by atoms with E-state index in [0.717, 1.165) is 74.7 Å². The molecule has 0 spiro atoms. The highest BCUT2D eigenvalue weighted by molar-refractivity contribution is 7.13. The van der Waals surface area contributed by atoms with Gasteiger partial charge in [-0.05, 0) is 117 Å². The summed E-state index contributed by atoms with van der Waals surface area (Å²) in [5, 5.41) is 19.4. The number of anilines is 1. The number of aromatic nitrogens is 2. The van der Waals surface area contributed by atoms with Gasteiger partial charge < -0.3 is 50.1 Å². The van der Waals surface area contributed by atoms with Crippen LogP contribution in [-0.2, 0) is 36.9 Å². The van der Waals surface area contributed by atoms with Gasteiger partial charge in [0.1, 0.15) is 24.4 Å². The Hall–Kier alpha value is -6.40. The predicted molar refractivity (Wildman–Crippen MR) is 284 cm³/mol. The highest BCUT2D eigenvalue weighted by Gasteiger charge is 2.44. The molecule has 0 aliphatic carbocycles. The molecule has 1 unspecified atom stereocenters. The van der Waals surface area contributed by atoms with E-state index < -0.39 is 35.4 Å². The summed E-state index contributed by atoms with van der Waals surface area (Å²) in [7, 11) is 0. The number of benzene rings is 3. The van der Waals surface area contributed by atoms with Gasteiger partial charge in [-0.1, -0.05) is 57.2 Å². The zero-order valence-electron chi connectivity index (χ0n) is 43.4. The Morgan fingerprint density at radius 2 is 1.64 bits per heavy atom. The Morgan fingerprint density at radius 3 is 2.30 bits per heavy atom. The van der Waals surface area contributed by atoms with Gasteiger partial charge in [0.05, 0.1) is 35.4 Å². The van der Waals surface area contributed by atoms with Crippen LogP contribution in [0.2, 0.25) is 0 Å². The number of β-amino-alcohol motifs (C(OH)–C–C–N with tert-alkyl or cyclic N) is 1. The van der Waals surface area contributed by atoms with Crippen LogP contribution >= 0.6 is 11.3 Å². The van der Waals surface area contributed by atoms with E-state index in [-0.39, 0.29) is 62.7 Å². The maximum Gasteiger partial charge on any atom is 0.253 e. The first-order valence-electron chi connectivity index (χ1n) is 25.2. The van der Waals surface area contributed by atoms with Crippen molar-refractivity contribution >= 4 is 40.7 Å². The minimum absolute atomic E-state index is 0.0251. The van der Waals surface area contributed by atoms with Gasteiger partial charge in [0, 0.05) is 80.8 Å². The van der Waals surface area contributed by atoms with E-state index in [1.54, 1.807) is 11.3 Å². The summed E-state index contributed by atoms with van der Waals surface area (Å²) in [6, 6.07) is 19.9. The number of nitrogens with zero attached hydrogens (tertiary/aromatic N) is 3. The van der Waals surface area contributed by atoms with Gasteiger partial charge in [-0.15, -0.1) is 11.3 Å². The molecule has 0 saturated carbocycles. The third-order valence-corrected chi connectivity index (χ3v) is 14.6. The van der Waals surface area contributed by atoms with E-state index >= 15 is 0 Å². The van der Waals surface area contributed by atoms with Crippen molar-refractivity contribution in [3.8, 4) is 27.3 Å². The number of nitrogens with one attached hydrogen (secondary N) is 4. The van der Waals surface area contributed by atoms with Crippen LogP contribution in [0.1, 0.15) is 97.4 Å². The number of pyridine rings is 1. The molecule has 4 amide bonds. The number of hydrogen-bond acceptors (Lipinski definition) is 12. The zero-order valence-corrected chi connectivity index (χ0v) is 44.2. The van der Waals surface area contributed by atoms with Crippen LogP contribution < -0.4 is 31.1 Å². The van der Waals surface area contributed by atoms with E-state index in [1.165, 1.54) is 4.90 Å². The fourth-order valence-electron chi connectivity index (χ4n) is 9.63. The minimum atomic E-state index is -0.980. The van der Waals surface area contributed by atoms with Gasteiger partial charge in [0.15, 0.2) is 0 Å². The molecule has 73 heavy (non-hydrogen) atoms. The molecule has 2 saturated heterocycles. The fraction of sp³-hybridized carbons (Fsp3) is 0.464. The summed E-state index contributed by atoms with van der Waals surface area (Å²) in [6.45, 7) is 18.0. The van der Waals surface area contributed by atoms with Crippen molar-refractivity contribution in [1.82, 2.24) is 30.8 Å². The third kappa shape index (κ3) is 13.8. The number of aliphatic hydroxyl groups is 1. The number of thiazole rings is 1. The van der Waals surface area contributed by atoms with E-state index in [4.69, 9.17) is 14.2 Å². The Labute approximate surface area is 432 Å². The monoisotopic (exact) mass is 1020 g/mol. The van der Waals surface area contributed by atoms with Gasteiger partial charge in [0.25, 0.3) is 11.5 Å². The molecule has 2 fully saturated rings. The molecule has 390 valence electrons. The maximum absolute atomic E-state index is 14.1. The molecule has 5 aromatic rings. The van der Waals surface area contributed by atoms with Crippen LogP contribution in [-0.4, -0.2) is 114 Å². The lowest BCUT2D eigenvalue weighted by Crippen LogP contribution is -2.58. The van der Waals surface area contributed by atoms with Crippen LogP contribution in [0.3, 0.4) is 0 Å². The van der Waals surface area contributed by atoms with Gasteiger partial charge in [0.2, 0.25) is 17.7 Å². The van der Waals surface area contributed by atoms with Crippen LogP contribution in [0.5, 0.6) is 5.75 Å². The molecule has 3 aromatic carbocycles. The van der Waals surface area contributed by atoms with Crippen LogP contribution in [0.15, 0.2) is 77.0 Å². The van der Waals surface area contributed by atoms with Gasteiger partial charge in [-0.25, -0.2) is 4.98 Å². The topological polar surface area (TPSA) is 205 Å². The summed E-state index contributed by atoms with van der Waals surface area (Å²) in [4.78, 5) is 79.5. The number of carbonyl (C=O) groups excluding carboxylic acids is 4. The second-order valence-corrected chi connectivity index (χ2v) is 21.0. The van der Waals surface area contributed by atoms with Gasteiger partial charge in [-0.3, -0.25) is 24.0 Å². The first-order valence-corrected chi connectivity index (χ1v) is 26.1. The Balaban J connectivity index is 0.909. The average molecular weight is 1020 g/mol. The maximum atomic E-state index is 14.1. The van der Waals surface area contributed by atoms with Crippen LogP contribution in [0.25, 0.3) is 21.6 Å². The molecule has 2 aliphatic heterocycles. The number of aromatic amines is 1. The molecule has 2 aromatic heterocycles. The van der Waals surface area contributed by atoms with Crippen molar-refractivity contribution in [2.45, 2.75) is 118 Å². The third-order valence-electron chi connectivity index (χ3n) is 13.7. The first-order chi connectivity index (χ1) is 34.9. The smallest absolute Gasteiger partial charge is 0.253 e. The summed E-state index contributed by atoms with van der Waals surface area (Å²) in [5.74, 6) is -0.923. The van der Waals surface area contributed by atoms with E-state index in [9.17, 15) is 29.1 Å². The fourth-order valence-corrected chi connectivity index (χ4v) is 10.4. The first kappa shape index (κ1) is 54.4. The quantitative estimate of drug-likeness (QED) is 0.0506. The summed E-state index contributed by atoms with van der Waals surface area (Å²) >= 11 is 1.57. The number of aryl methyl sites for hydroxylation is 3. The predicted octanol–water partition coefficient (Wildman–Crippen LogP) is 6.93. The molecule has 0 bridgehead atoms. The van der Waals surface area contributed by atoms with Gasteiger partial charge in [-0.2, -0.15) is 0 Å². The molecule has 16 nitrogen and oxygen atoms in total. The molecular weight excluding hydrogens is 947 g/mol. The minimum Gasteiger partial charge on any atom is -0.494 e. The van der Waals surface area contributed by atoms with Crippen molar-refractivity contribution in [3.63, 3.8) is 0 Å². The highest BCUT2D eigenvalue weighted by Crippen LogP contribution is 2.35.